The summed E-state index contributed by atoms with van der Waals surface area (Å²) in [6.45, 7) is 0.954. The Labute approximate surface area is 111 Å². The van der Waals surface area contributed by atoms with Gasteiger partial charge in [0.1, 0.15) is 0 Å². The normalized spacial score (nSPS) is 41.2. The predicted molar refractivity (Wildman–Crippen MR) is 72.9 cm³/mol. The first-order chi connectivity index (χ1) is 8.85. The van der Waals surface area contributed by atoms with Gasteiger partial charge < -0.3 is 4.74 Å². The first kappa shape index (κ1) is 12.9. The number of rotatable bonds is 5. The van der Waals surface area contributed by atoms with E-state index in [9.17, 15) is 0 Å². The van der Waals surface area contributed by atoms with Gasteiger partial charge in [-0.3, -0.25) is 11.3 Å². The Morgan fingerprint density at radius 2 is 2.06 bits per heavy atom. The number of nitrogens with one attached hydrogen (secondary N) is 1. The first-order valence-electron chi connectivity index (χ1n) is 7.93. The topological polar surface area (TPSA) is 47.3 Å². The van der Waals surface area contributed by atoms with Crippen LogP contribution in [0.1, 0.15) is 57.8 Å². The quantitative estimate of drug-likeness (QED) is 0.584. The van der Waals surface area contributed by atoms with Crippen LogP contribution in [0.15, 0.2) is 0 Å². The van der Waals surface area contributed by atoms with Gasteiger partial charge in [-0.15, -0.1) is 0 Å². The van der Waals surface area contributed by atoms with E-state index in [-0.39, 0.29) is 0 Å². The zero-order valence-electron chi connectivity index (χ0n) is 11.4. The fourth-order valence-corrected chi connectivity index (χ4v) is 4.57. The average molecular weight is 252 g/mol. The molecule has 1 aliphatic heterocycles. The van der Waals surface area contributed by atoms with Gasteiger partial charge in [0, 0.05) is 12.6 Å². The van der Waals surface area contributed by atoms with Crippen LogP contribution in [0.5, 0.6) is 0 Å². The summed E-state index contributed by atoms with van der Waals surface area (Å²) in [7, 11) is 0. The molecule has 3 nitrogen and oxygen atoms in total. The average Bonchev–Trinajstić information content (AvgIpc) is 3.01. The van der Waals surface area contributed by atoms with E-state index in [2.05, 4.69) is 5.43 Å². The molecule has 5 unspecified atom stereocenters. The summed E-state index contributed by atoms with van der Waals surface area (Å²) in [4.78, 5) is 0. The van der Waals surface area contributed by atoms with Crippen molar-refractivity contribution in [3.8, 4) is 0 Å². The fourth-order valence-electron chi connectivity index (χ4n) is 4.57. The van der Waals surface area contributed by atoms with Gasteiger partial charge in [-0.25, -0.2) is 0 Å². The highest BCUT2D eigenvalue weighted by atomic mass is 16.5. The van der Waals surface area contributed by atoms with Gasteiger partial charge in [-0.05, 0) is 69.1 Å². The third-order valence-corrected chi connectivity index (χ3v) is 5.53. The molecule has 2 aliphatic carbocycles. The second-order valence-electron chi connectivity index (χ2n) is 6.76. The Morgan fingerprint density at radius 1 is 1.11 bits per heavy atom. The molecule has 0 radical (unpaired) electrons. The van der Waals surface area contributed by atoms with Crippen molar-refractivity contribution in [2.24, 2.45) is 23.6 Å². The van der Waals surface area contributed by atoms with Crippen LogP contribution in [0, 0.1) is 17.8 Å². The van der Waals surface area contributed by atoms with Crippen LogP contribution < -0.4 is 11.3 Å². The Kier molecular flexibility index (Phi) is 4.22. The zero-order valence-corrected chi connectivity index (χ0v) is 11.4. The molecule has 0 aromatic rings. The third-order valence-electron chi connectivity index (χ3n) is 5.53. The van der Waals surface area contributed by atoms with Crippen molar-refractivity contribution in [3.63, 3.8) is 0 Å². The highest BCUT2D eigenvalue weighted by molar-refractivity contribution is 4.91. The number of ether oxygens (including phenoxy) is 1. The standard InChI is InChI=1S/C15H28N2O/c16-17-14(10-15-3-1-2-6-18-15)9-13-8-11-4-5-12(13)7-11/h11-15,17H,1-10,16H2. The van der Waals surface area contributed by atoms with Crippen LogP contribution in [0.2, 0.25) is 0 Å². The molecule has 104 valence electrons. The van der Waals surface area contributed by atoms with Crippen LogP contribution in [-0.4, -0.2) is 18.8 Å². The van der Waals surface area contributed by atoms with Crippen molar-refractivity contribution < 1.29 is 4.74 Å². The lowest BCUT2D eigenvalue weighted by Gasteiger charge is -2.30. The predicted octanol–water partition coefficient (Wildman–Crippen LogP) is 2.60. The van der Waals surface area contributed by atoms with Gasteiger partial charge in [0.25, 0.3) is 0 Å². The van der Waals surface area contributed by atoms with Crippen LogP contribution in [0.3, 0.4) is 0 Å². The molecule has 0 aromatic heterocycles. The van der Waals surface area contributed by atoms with Crippen LogP contribution in [0.4, 0.5) is 0 Å². The summed E-state index contributed by atoms with van der Waals surface area (Å²) < 4.78 is 5.84. The van der Waals surface area contributed by atoms with Crippen LogP contribution in [-0.2, 0) is 4.74 Å². The molecule has 3 aliphatic rings. The Hall–Kier alpha value is -0.120. The Morgan fingerprint density at radius 3 is 2.67 bits per heavy atom. The molecule has 2 bridgehead atoms. The van der Waals surface area contributed by atoms with E-state index >= 15 is 0 Å². The first-order valence-corrected chi connectivity index (χ1v) is 7.93. The molecule has 3 heteroatoms. The number of fused-ring (bicyclic) bond motifs is 2. The molecular weight excluding hydrogens is 224 g/mol. The van der Waals surface area contributed by atoms with E-state index in [0.717, 1.165) is 30.8 Å². The molecule has 18 heavy (non-hydrogen) atoms. The lowest BCUT2D eigenvalue weighted by molar-refractivity contribution is 0.00311. The van der Waals surface area contributed by atoms with Gasteiger partial charge in [0.05, 0.1) is 6.10 Å². The van der Waals surface area contributed by atoms with E-state index in [1.165, 1.54) is 51.4 Å². The largest absolute Gasteiger partial charge is 0.378 e. The maximum absolute atomic E-state index is 5.84. The van der Waals surface area contributed by atoms with E-state index in [0.29, 0.717) is 12.1 Å². The van der Waals surface area contributed by atoms with Crippen molar-refractivity contribution in [1.29, 1.82) is 0 Å². The molecule has 3 N–H and O–H groups in total. The van der Waals surface area contributed by atoms with Crippen molar-refractivity contribution in [3.05, 3.63) is 0 Å². The fraction of sp³-hybridized carbons (Fsp3) is 1.00. The highest BCUT2D eigenvalue weighted by Gasteiger charge is 2.40. The van der Waals surface area contributed by atoms with Crippen LogP contribution >= 0.6 is 0 Å². The molecule has 3 fully saturated rings. The summed E-state index contributed by atoms with van der Waals surface area (Å²) >= 11 is 0. The maximum Gasteiger partial charge on any atom is 0.0590 e. The Bertz CT molecular complexity index is 265. The van der Waals surface area contributed by atoms with Crippen molar-refractivity contribution in [2.75, 3.05) is 6.61 Å². The van der Waals surface area contributed by atoms with Crippen molar-refractivity contribution in [1.82, 2.24) is 5.43 Å². The number of hydrazine groups is 1. The maximum atomic E-state index is 5.84. The summed E-state index contributed by atoms with van der Waals surface area (Å²) in [5, 5.41) is 0. The minimum absolute atomic E-state index is 0.457. The monoisotopic (exact) mass is 252 g/mol. The van der Waals surface area contributed by atoms with E-state index in [4.69, 9.17) is 10.6 Å². The molecule has 5 atom stereocenters. The Balaban J connectivity index is 1.46. The third kappa shape index (κ3) is 2.89. The number of hydrogen-bond acceptors (Lipinski definition) is 3. The second-order valence-corrected chi connectivity index (χ2v) is 6.76. The van der Waals surface area contributed by atoms with Gasteiger partial charge in [0.15, 0.2) is 0 Å². The molecule has 3 rings (SSSR count). The van der Waals surface area contributed by atoms with Gasteiger partial charge >= 0.3 is 0 Å². The molecule has 2 saturated carbocycles. The molecule has 1 heterocycles. The summed E-state index contributed by atoms with van der Waals surface area (Å²) in [6, 6.07) is 0.470. The highest BCUT2D eigenvalue weighted by Crippen LogP contribution is 2.50. The number of hydrogen-bond donors (Lipinski definition) is 2. The van der Waals surface area contributed by atoms with Crippen molar-refractivity contribution >= 4 is 0 Å². The van der Waals surface area contributed by atoms with E-state index < -0.39 is 0 Å². The zero-order chi connectivity index (χ0) is 12.4. The van der Waals surface area contributed by atoms with Gasteiger partial charge in [-0.1, -0.05) is 6.42 Å². The van der Waals surface area contributed by atoms with Gasteiger partial charge in [-0.2, -0.15) is 0 Å². The molecule has 0 spiro atoms. The molecule has 0 amide bonds. The van der Waals surface area contributed by atoms with E-state index in [1.807, 2.05) is 0 Å². The lowest BCUT2D eigenvalue weighted by Crippen LogP contribution is -2.40. The molecular formula is C15H28N2O. The summed E-state index contributed by atoms with van der Waals surface area (Å²) in [6.07, 6.45) is 12.6. The minimum Gasteiger partial charge on any atom is -0.378 e. The second kappa shape index (κ2) is 5.89. The summed E-state index contributed by atoms with van der Waals surface area (Å²) in [5.74, 6) is 8.76. The summed E-state index contributed by atoms with van der Waals surface area (Å²) in [5.41, 5.74) is 3.06. The SMILES string of the molecule is NNC(CC1CCCCO1)CC1CC2CCC1C2. The lowest BCUT2D eigenvalue weighted by atomic mass is 9.83. The smallest absolute Gasteiger partial charge is 0.0590 e. The van der Waals surface area contributed by atoms with Crippen LogP contribution in [0.25, 0.3) is 0 Å². The van der Waals surface area contributed by atoms with Crippen molar-refractivity contribution in [2.45, 2.75) is 69.9 Å². The minimum atomic E-state index is 0.457. The molecule has 0 aromatic carbocycles. The van der Waals surface area contributed by atoms with E-state index in [1.54, 1.807) is 0 Å². The van der Waals surface area contributed by atoms with Gasteiger partial charge in [0.2, 0.25) is 0 Å². The molecule has 1 saturated heterocycles. The number of nitrogens with two attached hydrogens (primary N) is 1.